The number of nitrogens with zero attached hydrogens (tertiary/aromatic N) is 3. The van der Waals surface area contributed by atoms with Crippen molar-refractivity contribution in [2.24, 2.45) is 0 Å². The second kappa shape index (κ2) is 5.65. The Labute approximate surface area is 111 Å². The molecule has 2 aromatic rings. The Balaban J connectivity index is 2.40. The van der Waals surface area contributed by atoms with E-state index in [0.29, 0.717) is 5.95 Å². The Morgan fingerprint density at radius 2 is 2.16 bits per heavy atom. The van der Waals surface area contributed by atoms with Crippen LogP contribution in [0.5, 0.6) is 0 Å². The molecule has 0 spiro atoms. The van der Waals surface area contributed by atoms with Crippen LogP contribution < -0.4 is 4.90 Å². The van der Waals surface area contributed by atoms with Gasteiger partial charge in [0, 0.05) is 17.6 Å². The first kappa shape index (κ1) is 13.3. The van der Waals surface area contributed by atoms with Crippen molar-refractivity contribution in [3.8, 4) is 0 Å². The molecule has 19 heavy (non-hydrogen) atoms. The lowest BCUT2D eigenvalue weighted by Gasteiger charge is -2.26. The molecule has 1 aromatic carbocycles. The topological polar surface area (TPSA) is 66.3 Å². The van der Waals surface area contributed by atoms with Crippen LogP contribution in [0.1, 0.15) is 20.3 Å². The molecule has 0 aliphatic rings. The zero-order chi connectivity index (χ0) is 13.8. The molecule has 1 aromatic heterocycles. The van der Waals surface area contributed by atoms with Gasteiger partial charge in [0.05, 0.1) is 5.52 Å². The second-order valence-corrected chi connectivity index (χ2v) is 4.51. The van der Waals surface area contributed by atoms with Crippen molar-refractivity contribution in [2.75, 3.05) is 11.4 Å². The van der Waals surface area contributed by atoms with Gasteiger partial charge in [-0.2, -0.15) is 0 Å². The van der Waals surface area contributed by atoms with E-state index in [2.05, 4.69) is 9.97 Å². The van der Waals surface area contributed by atoms with Crippen LogP contribution in [0.4, 0.5) is 5.95 Å². The summed E-state index contributed by atoms with van der Waals surface area (Å²) in [7, 11) is 0. The number of aliphatic carboxylic acids is 1. The number of carbonyl (C=O) groups is 1. The monoisotopic (exact) mass is 259 g/mol. The van der Waals surface area contributed by atoms with E-state index in [4.69, 9.17) is 5.11 Å². The summed E-state index contributed by atoms with van der Waals surface area (Å²) in [6, 6.07) is 7.75. The maximum absolute atomic E-state index is 11.0. The lowest BCUT2D eigenvalue weighted by Crippen LogP contribution is -2.38. The highest BCUT2D eigenvalue weighted by Gasteiger charge is 2.18. The minimum absolute atomic E-state index is 0.0808. The fraction of sp³-hybridized carbons (Fsp3) is 0.357. The summed E-state index contributed by atoms with van der Waals surface area (Å²) in [5.74, 6) is -0.410. The molecular formula is C14H17N3O2. The van der Waals surface area contributed by atoms with Crippen LogP contribution in [0.25, 0.3) is 10.9 Å². The Kier molecular flexibility index (Phi) is 3.94. The van der Waals surface area contributed by atoms with E-state index < -0.39 is 5.97 Å². The third-order valence-electron chi connectivity index (χ3n) is 3.16. The quantitative estimate of drug-likeness (QED) is 0.892. The Morgan fingerprint density at radius 3 is 2.84 bits per heavy atom. The number of hydrogen-bond acceptors (Lipinski definition) is 4. The Bertz CT molecular complexity index is 586. The largest absolute Gasteiger partial charge is 0.480 e. The van der Waals surface area contributed by atoms with Gasteiger partial charge in [0.25, 0.3) is 0 Å². The van der Waals surface area contributed by atoms with Gasteiger partial charge in [-0.3, -0.25) is 4.79 Å². The molecule has 0 saturated carbocycles. The van der Waals surface area contributed by atoms with Gasteiger partial charge < -0.3 is 10.0 Å². The molecule has 0 saturated heterocycles. The van der Waals surface area contributed by atoms with Crippen LogP contribution in [0.3, 0.4) is 0 Å². The first-order valence-electron chi connectivity index (χ1n) is 6.32. The van der Waals surface area contributed by atoms with Gasteiger partial charge in [0.2, 0.25) is 5.95 Å². The smallest absolute Gasteiger partial charge is 0.323 e. The molecule has 100 valence electrons. The summed E-state index contributed by atoms with van der Waals surface area (Å²) >= 11 is 0. The lowest BCUT2D eigenvalue weighted by atomic mass is 10.2. The first-order valence-corrected chi connectivity index (χ1v) is 6.32. The van der Waals surface area contributed by atoms with Crippen molar-refractivity contribution in [1.82, 2.24) is 9.97 Å². The van der Waals surface area contributed by atoms with Crippen molar-refractivity contribution in [3.63, 3.8) is 0 Å². The van der Waals surface area contributed by atoms with Crippen LogP contribution in [-0.4, -0.2) is 33.6 Å². The number of rotatable bonds is 5. The minimum Gasteiger partial charge on any atom is -0.480 e. The van der Waals surface area contributed by atoms with Crippen LogP contribution >= 0.6 is 0 Å². The fourth-order valence-corrected chi connectivity index (χ4v) is 1.89. The van der Waals surface area contributed by atoms with Crippen molar-refractivity contribution < 1.29 is 9.90 Å². The number of fused-ring (bicyclic) bond motifs is 1. The van der Waals surface area contributed by atoms with Gasteiger partial charge in [0.1, 0.15) is 6.54 Å². The van der Waals surface area contributed by atoms with Crippen LogP contribution in [0.2, 0.25) is 0 Å². The summed E-state index contributed by atoms with van der Waals surface area (Å²) in [4.78, 5) is 21.4. The predicted molar refractivity (Wildman–Crippen MR) is 74.3 cm³/mol. The summed E-state index contributed by atoms with van der Waals surface area (Å²) in [6.07, 6.45) is 2.57. The van der Waals surface area contributed by atoms with Gasteiger partial charge in [-0.05, 0) is 19.4 Å². The van der Waals surface area contributed by atoms with Gasteiger partial charge in [-0.15, -0.1) is 0 Å². The normalized spacial score (nSPS) is 12.3. The summed E-state index contributed by atoms with van der Waals surface area (Å²) < 4.78 is 0. The van der Waals surface area contributed by atoms with E-state index in [-0.39, 0.29) is 12.6 Å². The van der Waals surface area contributed by atoms with Crippen LogP contribution in [0, 0.1) is 0 Å². The Hall–Kier alpha value is -2.17. The third-order valence-corrected chi connectivity index (χ3v) is 3.16. The maximum Gasteiger partial charge on any atom is 0.323 e. The average Bonchev–Trinajstić information content (AvgIpc) is 2.43. The molecule has 0 aliphatic heterocycles. The highest BCUT2D eigenvalue weighted by molar-refractivity contribution is 5.79. The SMILES string of the molecule is CCC(C)N(CC(=O)O)c1ncc2ccccc2n1. The third kappa shape index (κ3) is 2.99. The van der Waals surface area contributed by atoms with E-state index in [1.807, 2.05) is 38.1 Å². The summed E-state index contributed by atoms with van der Waals surface area (Å²) in [5, 5.41) is 9.96. The second-order valence-electron chi connectivity index (χ2n) is 4.51. The molecule has 0 radical (unpaired) electrons. The first-order chi connectivity index (χ1) is 9.11. The van der Waals surface area contributed by atoms with E-state index in [1.54, 1.807) is 11.1 Å². The van der Waals surface area contributed by atoms with Crippen molar-refractivity contribution in [3.05, 3.63) is 30.5 Å². The number of carboxylic acids is 1. The summed E-state index contributed by atoms with van der Waals surface area (Å²) in [5.41, 5.74) is 0.825. The van der Waals surface area contributed by atoms with E-state index in [0.717, 1.165) is 17.3 Å². The molecule has 2 rings (SSSR count). The molecule has 0 aliphatic carbocycles. The number of aromatic nitrogens is 2. The van der Waals surface area contributed by atoms with Crippen molar-refractivity contribution in [1.29, 1.82) is 0 Å². The van der Waals surface area contributed by atoms with E-state index in [1.165, 1.54) is 0 Å². The molecule has 0 amide bonds. The average molecular weight is 259 g/mol. The maximum atomic E-state index is 11.0. The standard InChI is InChI=1S/C14H17N3O2/c1-3-10(2)17(9-13(18)19)14-15-8-11-6-4-5-7-12(11)16-14/h4-8,10H,3,9H2,1-2H3,(H,18,19). The predicted octanol–water partition coefficient (Wildman–Crippen LogP) is 2.32. The number of benzene rings is 1. The molecule has 1 heterocycles. The Morgan fingerprint density at radius 1 is 1.42 bits per heavy atom. The number of hydrogen-bond donors (Lipinski definition) is 1. The van der Waals surface area contributed by atoms with E-state index >= 15 is 0 Å². The molecule has 5 heteroatoms. The van der Waals surface area contributed by atoms with Gasteiger partial charge in [0.15, 0.2) is 0 Å². The fourth-order valence-electron chi connectivity index (χ4n) is 1.89. The molecule has 1 unspecified atom stereocenters. The molecule has 0 bridgehead atoms. The van der Waals surface area contributed by atoms with Crippen LogP contribution in [-0.2, 0) is 4.79 Å². The zero-order valence-electron chi connectivity index (χ0n) is 11.1. The van der Waals surface area contributed by atoms with Crippen LogP contribution in [0.15, 0.2) is 30.5 Å². The van der Waals surface area contributed by atoms with Crippen molar-refractivity contribution >= 4 is 22.8 Å². The minimum atomic E-state index is -0.878. The van der Waals surface area contributed by atoms with Gasteiger partial charge in [-0.25, -0.2) is 9.97 Å². The molecule has 1 N–H and O–H groups in total. The van der Waals surface area contributed by atoms with Crippen molar-refractivity contribution in [2.45, 2.75) is 26.3 Å². The highest BCUT2D eigenvalue weighted by atomic mass is 16.4. The molecule has 0 fully saturated rings. The number of carboxylic acid groups (broad SMARTS) is 1. The van der Waals surface area contributed by atoms with E-state index in [9.17, 15) is 4.79 Å². The number of anilines is 1. The summed E-state index contributed by atoms with van der Waals surface area (Å²) in [6.45, 7) is 3.90. The molecule has 1 atom stereocenters. The number of para-hydroxylation sites is 1. The zero-order valence-corrected chi connectivity index (χ0v) is 11.1. The highest BCUT2D eigenvalue weighted by Crippen LogP contribution is 2.17. The molecule has 5 nitrogen and oxygen atoms in total. The van der Waals surface area contributed by atoms with Gasteiger partial charge >= 0.3 is 5.97 Å². The van der Waals surface area contributed by atoms with Gasteiger partial charge in [-0.1, -0.05) is 25.1 Å². The lowest BCUT2D eigenvalue weighted by molar-refractivity contribution is -0.135. The molecular weight excluding hydrogens is 242 g/mol.